The van der Waals surface area contributed by atoms with Crippen LogP contribution >= 0.6 is 0 Å². The van der Waals surface area contributed by atoms with E-state index >= 15 is 0 Å². The van der Waals surface area contributed by atoms with E-state index in [1.807, 2.05) is 38.1 Å². The van der Waals surface area contributed by atoms with Crippen LogP contribution in [0.2, 0.25) is 0 Å². The summed E-state index contributed by atoms with van der Waals surface area (Å²) in [5.74, 6) is -0.567. The maximum Gasteiger partial charge on any atom is 0.246 e. The number of anilines is 1. The number of primary amides is 1. The van der Waals surface area contributed by atoms with Crippen molar-refractivity contribution in [2.75, 3.05) is 11.9 Å². The summed E-state index contributed by atoms with van der Waals surface area (Å²) in [6.07, 6.45) is 0.650. The zero-order chi connectivity index (χ0) is 14.0. The third kappa shape index (κ3) is 2.86. The molecule has 0 fully saturated rings. The minimum absolute atomic E-state index is 0.0367. The second-order valence-electron chi connectivity index (χ2n) is 5.08. The minimum atomic E-state index is -0.488. The molecule has 0 bridgehead atoms. The van der Waals surface area contributed by atoms with Crippen LogP contribution in [0, 0.1) is 0 Å². The Morgan fingerprint density at radius 3 is 2.68 bits per heavy atom. The summed E-state index contributed by atoms with van der Waals surface area (Å²) in [6.45, 7) is 3.72. The fourth-order valence-corrected chi connectivity index (χ4v) is 2.33. The lowest BCUT2D eigenvalue weighted by atomic mass is 10.1. The van der Waals surface area contributed by atoms with Gasteiger partial charge in [-0.1, -0.05) is 18.2 Å². The van der Waals surface area contributed by atoms with Crippen LogP contribution < -0.4 is 11.1 Å². The molecular weight excluding hydrogens is 242 g/mol. The number of fused-ring (bicyclic) bond motifs is 1. The highest BCUT2D eigenvalue weighted by atomic mass is 16.2. The van der Waals surface area contributed by atoms with Gasteiger partial charge in [-0.15, -0.1) is 0 Å². The Hall–Kier alpha value is -2.04. The van der Waals surface area contributed by atoms with E-state index in [0.717, 1.165) is 11.3 Å². The number of nitrogens with zero attached hydrogens (tertiary/aromatic N) is 1. The molecule has 1 aromatic rings. The van der Waals surface area contributed by atoms with Gasteiger partial charge in [0.15, 0.2) is 0 Å². The normalized spacial score (nSPS) is 16.9. The Labute approximate surface area is 112 Å². The molecule has 2 rings (SSSR count). The highest BCUT2D eigenvalue weighted by molar-refractivity contribution is 5.90. The standard InChI is InChI=1S/C14H19N3O2/c1-9(2)17(8-13(15)18)14(19)12-7-10-5-3-4-6-11(10)16-12/h3-6,9,12,16H,7-8H2,1-2H3,(H2,15,18)/t12-/m0/s1. The molecule has 0 saturated heterocycles. The Morgan fingerprint density at radius 1 is 1.42 bits per heavy atom. The topological polar surface area (TPSA) is 75.4 Å². The zero-order valence-electron chi connectivity index (χ0n) is 11.2. The first-order valence-corrected chi connectivity index (χ1v) is 6.42. The number of nitrogens with two attached hydrogens (primary N) is 1. The van der Waals surface area contributed by atoms with Crippen molar-refractivity contribution in [1.29, 1.82) is 0 Å². The number of amides is 2. The van der Waals surface area contributed by atoms with E-state index < -0.39 is 5.91 Å². The van der Waals surface area contributed by atoms with E-state index in [0.29, 0.717) is 6.42 Å². The molecule has 2 amide bonds. The van der Waals surface area contributed by atoms with E-state index in [1.165, 1.54) is 4.90 Å². The summed E-state index contributed by atoms with van der Waals surface area (Å²) in [4.78, 5) is 25.0. The Morgan fingerprint density at radius 2 is 2.11 bits per heavy atom. The zero-order valence-corrected chi connectivity index (χ0v) is 11.2. The van der Waals surface area contributed by atoms with Gasteiger partial charge in [0.25, 0.3) is 0 Å². The van der Waals surface area contributed by atoms with Crippen molar-refractivity contribution in [3.05, 3.63) is 29.8 Å². The minimum Gasteiger partial charge on any atom is -0.373 e. The maximum atomic E-state index is 12.4. The lowest BCUT2D eigenvalue weighted by Gasteiger charge is -2.28. The number of carbonyl (C=O) groups is 2. The second kappa shape index (κ2) is 5.30. The largest absolute Gasteiger partial charge is 0.373 e. The van der Waals surface area contributed by atoms with Gasteiger partial charge in [-0.05, 0) is 25.5 Å². The monoisotopic (exact) mass is 261 g/mol. The van der Waals surface area contributed by atoms with Crippen LogP contribution in [0.4, 0.5) is 5.69 Å². The van der Waals surface area contributed by atoms with Gasteiger partial charge in [-0.25, -0.2) is 0 Å². The molecule has 3 N–H and O–H groups in total. The fourth-order valence-electron chi connectivity index (χ4n) is 2.33. The maximum absolute atomic E-state index is 12.4. The van der Waals surface area contributed by atoms with Crippen LogP contribution in [0.15, 0.2) is 24.3 Å². The third-order valence-electron chi connectivity index (χ3n) is 3.30. The SMILES string of the molecule is CC(C)N(CC(N)=O)C(=O)[C@@H]1Cc2ccccc2N1. The van der Waals surface area contributed by atoms with E-state index in [1.54, 1.807) is 0 Å². The van der Waals surface area contributed by atoms with Gasteiger partial charge in [-0.3, -0.25) is 9.59 Å². The predicted molar refractivity (Wildman–Crippen MR) is 73.6 cm³/mol. The molecule has 0 radical (unpaired) electrons. The molecule has 0 saturated carbocycles. The molecule has 1 heterocycles. The number of rotatable bonds is 4. The van der Waals surface area contributed by atoms with Crippen LogP contribution in [-0.2, 0) is 16.0 Å². The van der Waals surface area contributed by atoms with Gasteiger partial charge in [-0.2, -0.15) is 0 Å². The number of hydrogen-bond donors (Lipinski definition) is 2. The van der Waals surface area contributed by atoms with Crippen molar-refractivity contribution in [2.45, 2.75) is 32.4 Å². The van der Waals surface area contributed by atoms with Crippen LogP contribution in [0.1, 0.15) is 19.4 Å². The summed E-state index contributed by atoms with van der Waals surface area (Å²) in [5, 5.41) is 3.20. The molecule has 19 heavy (non-hydrogen) atoms. The van der Waals surface area contributed by atoms with Gasteiger partial charge in [0, 0.05) is 18.2 Å². The highest BCUT2D eigenvalue weighted by Gasteiger charge is 2.31. The average Bonchev–Trinajstić information content (AvgIpc) is 2.78. The lowest BCUT2D eigenvalue weighted by Crippen LogP contribution is -2.49. The molecule has 0 spiro atoms. The van der Waals surface area contributed by atoms with Crippen molar-refractivity contribution >= 4 is 17.5 Å². The first kappa shape index (κ1) is 13.4. The van der Waals surface area contributed by atoms with Crippen molar-refractivity contribution < 1.29 is 9.59 Å². The van der Waals surface area contributed by atoms with Gasteiger partial charge < -0.3 is 16.0 Å². The Bertz CT molecular complexity index is 474. The molecule has 0 aromatic heterocycles. The highest BCUT2D eigenvalue weighted by Crippen LogP contribution is 2.26. The average molecular weight is 261 g/mol. The molecule has 0 aliphatic carbocycles. The van der Waals surface area contributed by atoms with Gasteiger partial charge in [0.2, 0.25) is 11.8 Å². The van der Waals surface area contributed by atoms with Crippen molar-refractivity contribution in [2.24, 2.45) is 5.73 Å². The molecule has 1 aromatic carbocycles. The summed E-state index contributed by atoms with van der Waals surface area (Å²) < 4.78 is 0. The molecule has 5 nitrogen and oxygen atoms in total. The Balaban J connectivity index is 2.10. The van der Waals surface area contributed by atoms with E-state index in [9.17, 15) is 9.59 Å². The van der Waals surface area contributed by atoms with Gasteiger partial charge in [0.05, 0.1) is 6.54 Å². The van der Waals surface area contributed by atoms with Gasteiger partial charge >= 0.3 is 0 Å². The summed E-state index contributed by atoms with van der Waals surface area (Å²) in [6, 6.07) is 7.49. The Kier molecular flexibility index (Phi) is 3.74. The molecule has 1 atom stereocenters. The van der Waals surface area contributed by atoms with E-state index in [-0.39, 0.29) is 24.5 Å². The fraction of sp³-hybridized carbons (Fsp3) is 0.429. The number of carbonyl (C=O) groups excluding carboxylic acids is 2. The van der Waals surface area contributed by atoms with Gasteiger partial charge in [0.1, 0.15) is 6.04 Å². The summed E-state index contributed by atoms with van der Waals surface area (Å²) >= 11 is 0. The second-order valence-corrected chi connectivity index (χ2v) is 5.08. The van der Waals surface area contributed by atoms with Crippen molar-refractivity contribution in [3.63, 3.8) is 0 Å². The quantitative estimate of drug-likeness (QED) is 0.839. The van der Waals surface area contributed by atoms with Crippen LogP contribution in [-0.4, -0.2) is 35.3 Å². The molecular formula is C14H19N3O2. The van der Waals surface area contributed by atoms with Crippen LogP contribution in [0.25, 0.3) is 0 Å². The number of para-hydroxylation sites is 1. The van der Waals surface area contributed by atoms with Crippen molar-refractivity contribution in [1.82, 2.24) is 4.90 Å². The molecule has 1 aliphatic rings. The number of benzene rings is 1. The van der Waals surface area contributed by atoms with Crippen molar-refractivity contribution in [3.8, 4) is 0 Å². The summed E-state index contributed by atoms with van der Waals surface area (Å²) in [5.41, 5.74) is 7.32. The number of nitrogens with one attached hydrogen (secondary N) is 1. The third-order valence-corrected chi connectivity index (χ3v) is 3.30. The van der Waals surface area contributed by atoms with Crippen LogP contribution in [0.3, 0.4) is 0 Å². The van der Waals surface area contributed by atoms with Crippen LogP contribution in [0.5, 0.6) is 0 Å². The van der Waals surface area contributed by atoms with E-state index in [4.69, 9.17) is 5.73 Å². The number of hydrogen-bond acceptors (Lipinski definition) is 3. The smallest absolute Gasteiger partial charge is 0.246 e. The first-order valence-electron chi connectivity index (χ1n) is 6.42. The predicted octanol–water partition coefficient (Wildman–Crippen LogP) is 0.745. The molecule has 1 aliphatic heterocycles. The summed E-state index contributed by atoms with van der Waals surface area (Å²) in [7, 11) is 0. The molecule has 102 valence electrons. The molecule has 0 unspecified atom stereocenters. The first-order chi connectivity index (χ1) is 8.99. The van der Waals surface area contributed by atoms with E-state index in [2.05, 4.69) is 5.32 Å². The lowest BCUT2D eigenvalue weighted by molar-refractivity contribution is -0.137. The molecule has 5 heteroatoms.